The molecule has 3 aliphatic rings. The number of aromatic nitrogens is 3. The van der Waals surface area contributed by atoms with Gasteiger partial charge >= 0.3 is 0 Å². The van der Waals surface area contributed by atoms with Gasteiger partial charge in [-0.3, -0.25) is 4.79 Å². The van der Waals surface area contributed by atoms with Crippen LogP contribution in [0.15, 0.2) is 12.1 Å². The predicted octanol–water partition coefficient (Wildman–Crippen LogP) is 3.48. The van der Waals surface area contributed by atoms with Crippen molar-refractivity contribution < 1.29 is 14.3 Å². The molecule has 0 bridgehead atoms. The molecule has 0 saturated heterocycles. The molecule has 1 aromatic carbocycles. The third-order valence-electron chi connectivity index (χ3n) is 5.96. The van der Waals surface area contributed by atoms with Crippen LogP contribution in [0.1, 0.15) is 72.6 Å². The SMILES string of the molecule is Cc1cc2c(cc1C(=O)N1CCn3nc(C4CC4)nc3[C@@H]1CC(C)C)OCCO2. The number of aryl methyl sites for hydroxylation is 1. The Bertz CT molecular complexity index is 948. The van der Waals surface area contributed by atoms with Crippen molar-refractivity contribution in [2.75, 3.05) is 19.8 Å². The average Bonchev–Trinajstić information content (AvgIpc) is 3.45. The zero-order chi connectivity index (χ0) is 20.1. The number of benzene rings is 1. The van der Waals surface area contributed by atoms with Crippen LogP contribution in [0.25, 0.3) is 0 Å². The van der Waals surface area contributed by atoms with Crippen molar-refractivity contribution in [1.82, 2.24) is 19.7 Å². The maximum Gasteiger partial charge on any atom is 0.254 e. The van der Waals surface area contributed by atoms with Crippen molar-refractivity contribution >= 4 is 5.91 Å². The Morgan fingerprint density at radius 2 is 1.90 bits per heavy atom. The minimum atomic E-state index is -0.0520. The van der Waals surface area contributed by atoms with Gasteiger partial charge in [-0.1, -0.05) is 13.8 Å². The van der Waals surface area contributed by atoms with E-state index in [2.05, 4.69) is 13.8 Å². The Balaban J connectivity index is 1.49. The third kappa shape index (κ3) is 3.36. The zero-order valence-electron chi connectivity index (χ0n) is 17.4. The Labute approximate surface area is 171 Å². The fourth-order valence-electron chi connectivity index (χ4n) is 4.29. The van der Waals surface area contributed by atoms with Gasteiger partial charge < -0.3 is 14.4 Å². The molecule has 1 amide bonds. The molecule has 7 nitrogen and oxygen atoms in total. The topological polar surface area (TPSA) is 69.5 Å². The minimum absolute atomic E-state index is 0.0346. The number of amides is 1. The highest BCUT2D eigenvalue weighted by atomic mass is 16.6. The first-order chi connectivity index (χ1) is 14.0. The van der Waals surface area contributed by atoms with Gasteiger partial charge in [-0.25, -0.2) is 9.67 Å². The second-order valence-corrected chi connectivity index (χ2v) is 8.78. The van der Waals surface area contributed by atoms with E-state index < -0.39 is 0 Å². The lowest BCUT2D eigenvalue weighted by Crippen LogP contribution is -2.43. The smallest absolute Gasteiger partial charge is 0.254 e. The molecule has 154 valence electrons. The first-order valence-electron chi connectivity index (χ1n) is 10.7. The molecule has 5 rings (SSSR count). The molecule has 0 spiro atoms. The molecule has 3 heterocycles. The summed E-state index contributed by atoms with van der Waals surface area (Å²) in [5.74, 6) is 4.26. The summed E-state index contributed by atoms with van der Waals surface area (Å²) >= 11 is 0. The molecule has 1 fully saturated rings. The molecule has 1 aromatic heterocycles. The van der Waals surface area contributed by atoms with Crippen molar-refractivity contribution in [3.8, 4) is 11.5 Å². The van der Waals surface area contributed by atoms with Crippen LogP contribution in [0.5, 0.6) is 11.5 Å². The molecule has 0 unspecified atom stereocenters. The summed E-state index contributed by atoms with van der Waals surface area (Å²) in [4.78, 5) is 20.5. The molecular formula is C22H28N4O3. The summed E-state index contributed by atoms with van der Waals surface area (Å²) in [7, 11) is 0. The van der Waals surface area contributed by atoms with Crippen LogP contribution < -0.4 is 9.47 Å². The lowest BCUT2D eigenvalue weighted by molar-refractivity contribution is 0.0576. The number of fused-ring (bicyclic) bond motifs is 2. The number of carbonyl (C=O) groups is 1. The first-order valence-corrected chi connectivity index (χ1v) is 10.7. The minimum Gasteiger partial charge on any atom is -0.486 e. The molecule has 7 heteroatoms. The number of hydrogen-bond acceptors (Lipinski definition) is 5. The number of ether oxygens (including phenoxy) is 2. The van der Waals surface area contributed by atoms with E-state index in [1.807, 2.05) is 28.6 Å². The van der Waals surface area contributed by atoms with Crippen molar-refractivity contribution in [3.05, 3.63) is 34.9 Å². The van der Waals surface area contributed by atoms with Gasteiger partial charge in [-0.2, -0.15) is 5.10 Å². The van der Waals surface area contributed by atoms with Crippen LogP contribution >= 0.6 is 0 Å². The van der Waals surface area contributed by atoms with Gasteiger partial charge in [0.15, 0.2) is 17.3 Å². The average molecular weight is 396 g/mol. The standard InChI is InChI=1S/C22H28N4O3/c1-13(2)10-17-21-23-20(15-4-5-15)24-26(21)7-6-25(17)22(27)16-12-19-18(11-14(16)3)28-8-9-29-19/h11-13,15,17H,4-10H2,1-3H3/t17-/m0/s1. The Hall–Kier alpha value is -2.57. The summed E-state index contributed by atoms with van der Waals surface area (Å²) in [6, 6.07) is 3.70. The molecule has 1 aliphatic carbocycles. The van der Waals surface area contributed by atoms with Crippen molar-refractivity contribution in [2.24, 2.45) is 5.92 Å². The highest BCUT2D eigenvalue weighted by Gasteiger charge is 2.37. The highest BCUT2D eigenvalue weighted by Crippen LogP contribution is 2.40. The van der Waals surface area contributed by atoms with E-state index in [1.54, 1.807) is 0 Å². The molecule has 0 radical (unpaired) electrons. The molecule has 2 aliphatic heterocycles. The Morgan fingerprint density at radius 1 is 1.17 bits per heavy atom. The van der Waals surface area contributed by atoms with E-state index in [9.17, 15) is 4.79 Å². The van der Waals surface area contributed by atoms with Gasteiger partial charge in [-0.15, -0.1) is 0 Å². The fourth-order valence-corrected chi connectivity index (χ4v) is 4.29. The predicted molar refractivity (Wildman–Crippen MR) is 107 cm³/mol. The fraction of sp³-hybridized carbons (Fsp3) is 0.591. The Kier molecular flexibility index (Phi) is 4.48. The third-order valence-corrected chi connectivity index (χ3v) is 5.96. The summed E-state index contributed by atoms with van der Waals surface area (Å²) in [5, 5.41) is 4.74. The van der Waals surface area contributed by atoms with Crippen molar-refractivity contribution in [2.45, 2.75) is 58.5 Å². The summed E-state index contributed by atoms with van der Waals surface area (Å²) in [5.41, 5.74) is 1.59. The Morgan fingerprint density at radius 3 is 2.59 bits per heavy atom. The van der Waals surface area contributed by atoms with Crippen molar-refractivity contribution in [3.63, 3.8) is 0 Å². The molecule has 0 N–H and O–H groups in total. The van der Waals surface area contributed by atoms with Crippen LogP contribution in [0.3, 0.4) is 0 Å². The van der Waals surface area contributed by atoms with Gasteiger partial charge in [0.25, 0.3) is 5.91 Å². The summed E-state index contributed by atoms with van der Waals surface area (Å²) < 4.78 is 13.4. The first kappa shape index (κ1) is 18.5. The van der Waals surface area contributed by atoms with Gasteiger partial charge in [0, 0.05) is 18.0 Å². The zero-order valence-corrected chi connectivity index (χ0v) is 17.4. The normalized spacial score (nSPS) is 20.7. The van der Waals surface area contributed by atoms with E-state index in [0.29, 0.717) is 49.5 Å². The maximum absolute atomic E-state index is 13.6. The quantitative estimate of drug-likeness (QED) is 0.791. The molecule has 1 atom stereocenters. The highest BCUT2D eigenvalue weighted by molar-refractivity contribution is 5.96. The van der Waals surface area contributed by atoms with E-state index >= 15 is 0 Å². The van der Waals surface area contributed by atoms with Gasteiger partial charge in [0.05, 0.1) is 12.6 Å². The van der Waals surface area contributed by atoms with Crippen LogP contribution in [0.4, 0.5) is 0 Å². The lowest BCUT2D eigenvalue weighted by atomic mass is 9.98. The molecule has 2 aromatic rings. The number of carbonyl (C=O) groups excluding carboxylic acids is 1. The number of nitrogens with zero attached hydrogens (tertiary/aromatic N) is 4. The number of rotatable bonds is 4. The van der Waals surface area contributed by atoms with Crippen LogP contribution in [-0.4, -0.2) is 45.3 Å². The second kappa shape index (κ2) is 7.04. The van der Waals surface area contributed by atoms with E-state index in [1.165, 1.54) is 12.8 Å². The lowest BCUT2D eigenvalue weighted by Gasteiger charge is -2.36. The largest absolute Gasteiger partial charge is 0.486 e. The second-order valence-electron chi connectivity index (χ2n) is 8.78. The van der Waals surface area contributed by atoms with Crippen molar-refractivity contribution in [1.29, 1.82) is 0 Å². The van der Waals surface area contributed by atoms with Gasteiger partial charge in [0.2, 0.25) is 0 Å². The summed E-state index contributed by atoms with van der Waals surface area (Å²) in [6.07, 6.45) is 3.23. The maximum atomic E-state index is 13.6. The van der Waals surface area contributed by atoms with Gasteiger partial charge in [-0.05, 0) is 49.8 Å². The van der Waals surface area contributed by atoms with Crippen LogP contribution in [0, 0.1) is 12.8 Å². The van der Waals surface area contributed by atoms with E-state index in [4.69, 9.17) is 19.6 Å². The van der Waals surface area contributed by atoms with Crippen LogP contribution in [0.2, 0.25) is 0 Å². The molecular weight excluding hydrogens is 368 g/mol. The van der Waals surface area contributed by atoms with E-state index in [-0.39, 0.29) is 11.9 Å². The molecule has 29 heavy (non-hydrogen) atoms. The summed E-state index contributed by atoms with van der Waals surface area (Å²) in [6.45, 7) is 8.73. The van der Waals surface area contributed by atoms with Crippen LogP contribution in [-0.2, 0) is 6.54 Å². The monoisotopic (exact) mass is 396 g/mol. The number of hydrogen-bond donors (Lipinski definition) is 0. The van der Waals surface area contributed by atoms with E-state index in [0.717, 1.165) is 29.4 Å². The van der Waals surface area contributed by atoms with Gasteiger partial charge in [0.1, 0.15) is 19.0 Å². The molecule has 1 saturated carbocycles.